The number of benzene rings is 3. The second-order valence-corrected chi connectivity index (χ2v) is 10.2. The van der Waals surface area contributed by atoms with Gasteiger partial charge in [0.2, 0.25) is 0 Å². The van der Waals surface area contributed by atoms with Crippen LogP contribution in [-0.2, 0) is 15.6 Å². The number of carbonyl (C=O) groups excluding carboxylic acids is 1. The Hall–Kier alpha value is -3.03. The molecule has 0 spiro atoms. The van der Waals surface area contributed by atoms with Crippen LogP contribution in [0.1, 0.15) is 27.0 Å². The Kier molecular flexibility index (Phi) is 5.40. The largest absolute Gasteiger partial charge is 0.298 e. The molecule has 4 aromatic rings. The van der Waals surface area contributed by atoms with Gasteiger partial charge in [0.25, 0.3) is 5.91 Å². The summed E-state index contributed by atoms with van der Waals surface area (Å²) in [5.41, 5.74) is 4.19. The van der Waals surface area contributed by atoms with Gasteiger partial charge in [-0.25, -0.2) is 13.4 Å². The van der Waals surface area contributed by atoms with Crippen molar-refractivity contribution >= 4 is 42.4 Å². The van der Waals surface area contributed by atoms with E-state index in [4.69, 9.17) is 0 Å². The maximum Gasteiger partial charge on any atom is 0.257 e. The number of aromatic nitrogens is 1. The number of thiazole rings is 1. The molecule has 0 aliphatic carbocycles. The Morgan fingerprint density at radius 3 is 2.40 bits per heavy atom. The van der Waals surface area contributed by atoms with E-state index in [0.717, 1.165) is 21.3 Å². The second-order valence-electron chi connectivity index (χ2n) is 7.17. The van der Waals surface area contributed by atoms with Gasteiger partial charge in [-0.15, -0.1) is 0 Å². The molecule has 1 aromatic heterocycles. The Bertz CT molecular complexity index is 1330. The fraction of sp³-hybridized carbons (Fsp3) is 0.130. The molecule has 0 aliphatic rings. The van der Waals surface area contributed by atoms with Crippen LogP contribution in [0.5, 0.6) is 0 Å². The number of aryl methyl sites for hydroxylation is 2. The topological polar surface area (TPSA) is 76.1 Å². The van der Waals surface area contributed by atoms with E-state index in [9.17, 15) is 13.2 Å². The fourth-order valence-electron chi connectivity index (χ4n) is 3.28. The van der Waals surface area contributed by atoms with Crippen molar-refractivity contribution in [3.05, 3.63) is 89.0 Å². The van der Waals surface area contributed by atoms with Crippen LogP contribution < -0.4 is 5.32 Å². The molecule has 3 aromatic carbocycles. The van der Waals surface area contributed by atoms with Crippen molar-refractivity contribution in [3.8, 4) is 0 Å². The van der Waals surface area contributed by atoms with E-state index < -0.39 is 9.84 Å². The number of carbonyl (C=O) groups is 1. The fourth-order valence-corrected chi connectivity index (χ4v) is 5.68. The summed E-state index contributed by atoms with van der Waals surface area (Å²) < 4.78 is 26.1. The van der Waals surface area contributed by atoms with Crippen LogP contribution in [0, 0.1) is 13.8 Å². The Labute approximate surface area is 179 Å². The van der Waals surface area contributed by atoms with Crippen LogP contribution in [0.15, 0.2) is 71.6 Å². The SMILES string of the molecule is Cc1cc(C)c2nc(NC(=O)c3ccc(CS(=O)(=O)c4ccccc4)cc3)sc2c1. The number of hydrogen-bond acceptors (Lipinski definition) is 5. The summed E-state index contributed by atoms with van der Waals surface area (Å²) in [6.45, 7) is 4.03. The van der Waals surface area contributed by atoms with E-state index >= 15 is 0 Å². The van der Waals surface area contributed by atoms with Crippen LogP contribution >= 0.6 is 11.3 Å². The molecule has 1 heterocycles. The molecule has 0 unspecified atom stereocenters. The van der Waals surface area contributed by atoms with E-state index in [2.05, 4.69) is 22.4 Å². The number of fused-ring (bicyclic) bond motifs is 1. The molecule has 0 fully saturated rings. The molecule has 0 saturated heterocycles. The summed E-state index contributed by atoms with van der Waals surface area (Å²) >= 11 is 1.43. The minimum Gasteiger partial charge on any atom is -0.298 e. The quantitative estimate of drug-likeness (QED) is 0.470. The van der Waals surface area contributed by atoms with Gasteiger partial charge in [-0.05, 0) is 60.9 Å². The molecule has 0 bridgehead atoms. The highest BCUT2D eigenvalue weighted by Gasteiger charge is 2.16. The minimum atomic E-state index is -3.43. The molecular weight excluding hydrogens is 416 g/mol. The van der Waals surface area contributed by atoms with Crippen LogP contribution in [-0.4, -0.2) is 19.3 Å². The van der Waals surface area contributed by atoms with E-state index in [1.54, 1.807) is 54.6 Å². The van der Waals surface area contributed by atoms with Crippen molar-refractivity contribution in [2.24, 2.45) is 0 Å². The first-order chi connectivity index (χ1) is 14.3. The van der Waals surface area contributed by atoms with Gasteiger partial charge < -0.3 is 0 Å². The number of nitrogens with zero attached hydrogens (tertiary/aromatic N) is 1. The first-order valence-electron chi connectivity index (χ1n) is 9.38. The number of anilines is 1. The molecule has 0 aliphatic heterocycles. The van der Waals surface area contributed by atoms with Gasteiger partial charge in [-0.1, -0.05) is 47.7 Å². The molecule has 0 saturated carbocycles. The molecule has 30 heavy (non-hydrogen) atoms. The molecular formula is C23H20N2O3S2. The number of hydrogen-bond donors (Lipinski definition) is 1. The highest BCUT2D eigenvalue weighted by atomic mass is 32.2. The summed E-state index contributed by atoms with van der Waals surface area (Å²) in [4.78, 5) is 17.4. The van der Waals surface area contributed by atoms with Gasteiger partial charge in [0, 0.05) is 5.56 Å². The van der Waals surface area contributed by atoms with Crippen LogP contribution in [0.25, 0.3) is 10.2 Å². The molecule has 152 valence electrons. The number of nitrogens with one attached hydrogen (secondary N) is 1. The molecule has 7 heteroatoms. The third-order valence-electron chi connectivity index (χ3n) is 4.73. The zero-order valence-corrected chi connectivity index (χ0v) is 18.2. The Morgan fingerprint density at radius 2 is 1.70 bits per heavy atom. The second kappa shape index (κ2) is 8.01. The van der Waals surface area contributed by atoms with E-state index in [1.807, 2.05) is 13.8 Å². The maximum atomic E-state index is 12.6. The average molecular weight is 437 g/mol. The first kappa shape index (κ1) is 20.3. The van der Waals surface area contributed by atoms with Crippen molar-refractivity contribution in [2.75, 3.05) is 5.32 Å². The molecule has 1 amide bonds. The zero-order chi connectivity index (χ0) is 21.3. The normalized spacial score (nSPS) is 11.5. The third-order valence-corrected chi connectivity index (χ3v) is 7.35. The highest BCUT2D eigenvalue weighted by Crippen LogP contribution is 2.29. The van der Waals surface area contributed by atoms with Crippen molar-refractivity contribution in [1.82, 2.24) is 4.98 Å². The Balaban J connectivity index is 1.49. The van der Waals surface area contributed by atoms with Crippen LogP contribution in [0.3, 0.4) is 0 Å². The molecule has 0 atom stereocenters. The smallest absolute Gasteiger partial charge is 0.257 e. The van der Waals surface area contributed by atoms with Crippen molar-refractivity contribution < 1.29 is 13.2 Å². The summed E-state index contributed by atoms with van der Waals surface area (Å²) in [6, 6.07) is 19.1. The highest BCUT2D eigenvalue weighted by molar-refractivity contribution is 7.90. The van der Waals surface area contributed by atoms with Gasteiger partial charge in [0.05, 0.1) is 20.9 Å². The number of sulfone groups is 1. The van der Waals surface area contributed by atoms with Gasteiger partial charge in [0.1, 0.15) is 0 Å². The summed E-state index contributed by atoms with van der Waals surface area (Å²) in [5.74, 6) is -0.393. The van der Waals surface area contributed by atoms with Gasteiger partial charge in [-0.2, -0.15) is 0 Å². The van der Waals surface area contributed by atoms with E-state index in [-0.39, 0.29) is 16.6 Å². The lowest BCUT2D eigenvalue weighted by Gasteiger charge is -2.06. The summed E-state index contributed by atoms with van der Waals surface area (Å²) in [6.07, 6.45) is 0. The zero-order valence-electron chi connectivity index (χ0n) is 16.5. The number of amides is 1. The lowest BCUT2D eigenvalue weighted by Crippen LogP contribution is -2.12. The monoisotopic (exact) mass is 436 g/mol. The first-order valence-corrected chi connectivity index (χ1v) is 11.8. The lowest BCUT2D eigenvalue weighted by atomic mass is 10.1. The maximum absolute atomic E-state index is 12.6. The molecule has 0 radical (unpaired) electrons. The predicted octanol–water partition coefficient (Wildman–Crippen LogP) is 5.14. The van der Waals surface area contributed by atoms with Crippen molar-refractivity contribution in [1.29, 1.82) is 0 Å². The average Bonchev–Trinajstić information content (AvgIpc) is 3.11. The van der Waals surface area contributed by atoms with Gasteiger partial charge in [-0.3, -0.25) is 10.1 Å². The summed E-state index contributed by atoms with van der Waals surface area (Å²) in [7, 11) is -3.43. The van der Waals surface area contributed by atoms with E-state index in [0.29, 0.717) is 16.3 Å². The molecule has 1 N–H and O–H groups in total. The standard InChI is InChI=1S/C23H20N2O3S2/c1-15-12-16(2)21-20(13-15)29-23(24-21)25-22(26)18-10-8-17(9-11-18)14-30(27,28)19-6-4-3-5-7-19/h3-13H,14H2,1-2H3,(H,24,25,26). The van der Waals surface area contributed by atoms with Gasteiger partial charge in [0.15, 0.2) is 15.0 Å². The van der Waals surface area contributed by atoms with Gasteiger partial charge >= 0.3 is 0 Å². The predicted molar refractivity (Wildman–Crippen MR) is 121 cm³/mol. The lowest BCUT2D eigenvalue weighted by molar-refractivity contribution is 0.102. The number of rotatable bonds is 5. The van der Waals surface area contributed by atoms with E-state index in [1.165, 1.54) is 11.3 Å². The Morgan fingerprint density at radius 1 is 1.00 bits per heavy atom. The molecule has 4 rings (SSSR count). The minimum absolute atomic E-state index is 0.116. The van der Waals surface area contributed by atoms with Crippen molar-refractivity contribution in [2.45, 2.75) is 24.5 Å². The summed E-state index contributed by atoms with van der Waals surface area (Å²) in [5, 5.41) is 3.38. The molecule has 5 nitrogen and oxygen atoms in total. The third kappa shape index (κ3) is 4.27. The van der Waals surface area contributed by atoms with Crippen molar-refractivity contribution in [3.63, 3.8) is 0 Å². The van der Waals surface area contributed by atoms with Crippen LogP contribution in [0.4, 0.5) is 5.13 Å². The van der Waals surface area contributed by atoms with Crippen LogP contribution in [0.2, 0.25) is 0 Å².